The number of rotatable bonds is 7. The Kier molecular flexibility index (Phi) is 8.63. The molecular weight excluding hydrogens is 496 g/mol. The maximum atomic E-state index is 12.1. The van der Waals surface area contributed by atoms with Crippen LogP contribution in [0.3, 0.4) is 0 Å². The SMILES string of the molecule is O=C1NCC(c2ccc(OC3OC(CO)C(O)C(CC4OC(CO)C(O)C(O)C4O)C3O)cc2)C(=O)N1. The van der Waals surface area contributed by atoms with E-state index in [4.69, 9.17) is 14.2 Å². The van der Waals surface area contributed by atoms with Gasteiger partial charge in [0.25, 0.3) is 0 Å². The number of hydrogen-bond donors (Lipinski definition) is 9. The molecule has 3 aliphatic rings. The second kappa shape index (κ2) is 11.6. The summed E-state index contributed by atoms with van der Waals surface area (Å²) >= 11 is 0. The number of urea groups is 1. The lowest BCUT2D eigenvalue weighted by atomic mass is 9.81. The summed E-state index contributed by atoms with van der Waals surface area (Å²) in [4.78, 5) is 23.3. The molecule has 9 N–H and O–H groups in total. The maximum absolute atomic E-state index is 12.1. The van der Waals surface area contributed by atoms with Crippen LogP contribution in [0.15, 0.2) is 24.3 Å². The van der Waals surface area contributed by atoms with Crippen molar-refractivity contribution >= 4 is 11.9 Å². The summed E-state index contributed by atoms with van der Waals surface area (Å²) < 4.78 is 16.8. The zero-order chi connectivity index (χ0) is 26.9. The summed E-state index contributed by atoms with van der Waals surface area (Å²) in [5.41, 5.74) is 0.610. The fourth-order valence-corrected chi connectivity index (χ4v) is 4.89. The van der Waals surface area contributed by atoms with Gasteiger partial charge >= 0.3 is 6.03 Å². The monoisotopic (exact) mass is 528 g/mol. The molecule has 1 aromatic rings. The summed E-state index contributed by atoms with van der Waals surface area (Å²) in [6.07, 6.45) is -12.6. The standard InChI is InChI=1S/C23H32N2O12/c26-7-14-16(28)11(5-13-18(30)20(32)19(31)15(8-27)36-13)17(29)22(37-14)35-10-3-1-9(2-4-10)12-6-24-23(34)25-21(12)33/h1-4,11-20,22,26-32H,5-8H2,(H2,24,25,33,34). The quantitative estimate of drug-likeness (QED) is 0.166. The molecule has 37 heavy (non-hydrogen) atoms. The number of aliphatic hydroxyl groups is 7. The lowest BCUT2D eigenvalue weighted by Gasteiger charge is -2.46. The van der Waals surface area contributed by atoms with Crippen LogP contribution in [0.25, 0.3) is 0 Å². The first-order chi connectivity index (χ1) is 17.6. The second-order valence-electron chi connectivity index (χ2n) is 9.41. The molecule has 4 rings (SSSR count). The normalized spacial score (nSPS) is 40.6. The molecule has 0 saturated carbocycles. The lowest BCUT2D eigenvalue weighted by molar-refractivity contribution is -0.278. The molecule has 0 aliphatic carbocycles. The summed E-state index contributed by atoms with van der Waals surface area (Å²) in [6, 6.07) is 5.71. The average Bonchev–Trinajstić information content (AvgIpc) is 2.88. The topological polar surface area (TPSA) is 227 Å². The molecule has 3 saturated heterocycles. The predicted octanol–water partition coefficient (Wildman–Crippen LogP) is -3.72. The summed E-state index contributed by atoms with van der Waals surface area (Å²) in [5.74, 6) is -1.85. The Morgan fingerprint density at radius 2 is 1.43 bits per heavy atom. The van der Waals surface area contributed by atoms with Gasteiger partial charge in [0.05, 0.1) is 31.3 Å². The van der Waals surface area contributed by atoms with E-state index >= 15 is 0 Å². The second-order valence-corrected chi connectivity index (χ2v) is 9.41. The van der Waals surface area contributed by atoms with Gasteiger partial charge in [0.1, 0.15) is 42.4 Å². The molecule has 206 valence electrons. The van der Waals surface area contributed by atoms with Gasteiger partial charge in [-0.15, -0.1) is 0 Å². The molecule has 3 aliphatic heterocycles. The van der Waals surface area contributed by atoms with Crippen molar-refractivity contribution in [2.24, 2.45) is 5.92 Å². The van der Waals surface area contributed by atoms with Gasteiger partial charge < -0.3 is 55.3 Å². The van der Waals surface area contributed by atoms with Crippen LogP contribution < -0.4 is 15.4 Å². The van der Waals surface area contributed by atoms with Crippen LogP contribution >= 0.6 is 0 Å². The minimum Gasteiger partial charge on any atom is -0.462 e. The molecule has 3 amide bonds. The fourth-order valence-electron chi connectivity index (χ4n) is 4.89. The Morgan fingerprint density at radius 3 is 2.05 bits per heavy atom. The molecule has 3 fully saturated rings. The van der Waals surface area contributed by atoms with Crippen molar-refractivity contribution in [2.75, 3.05) is 19.8 Å². The van der Waals surface area contributed by atoms with Crippen LogP contribution in [0.1, 0.15) is 17.9 Å². The van der Waals surface area contributed by atoms with E-state index in [1.165, 1.54) is 12.1 Å². The number of aliphatic hydroxyl groups excluding tert-OH is 7. The zero-order valence-corrected chi connectivity index (χ0v) is 19.7. The molecule has 0 aromatic heterocycles. The maximum Gasteiger partial charge on any atom is 0.321 e. The third-order valence-corrected chi connectivity index (χ3v) is 7.08. The predicted molar refractivity (Wildman–Crippen MR) is 121 cm³/mol. The number of carbonyl (C=O) groups excluding carboxylic acids is 2. The van der Waals surface area contributed by atoms with Crippen molar-refractivity contribution in [1.29, 1.82) is 0 Å². The van der Waals surface area contributed by atoms with Gasteiger partial charge in [0.2, 0.25) is 12.2 Å². The molecule has 14 heteroatoms. The highest BCUT2D eigenvalue weighted by Crippen LogP contribution is 2.35. The summed E-state index contributed by atoms with van der Waals surface area (Å²) in [7, 11) is 0. The van der Waals surface area contributed by atoms with E-state index in [-0.39, 0.29) is 18.7 Å². The molecule has 1 aromatic carbocycles. The highest BCUT2D eigenvalue weighted by Gasteiger charge is 2.50. The van der Waals surface area contributed by atoms with Crippen LogP contribution in [0.2, 0.25) is 0 Å². The highest BCUT2D eigenvalue weighted by atomic mass is 16.7. The van der Waals surface area contributed by atoms with E-state index in [1.54, 1.807) is 12.1 Å². The summed E-state index contributed by atoms with van der Waals surface area (Å²) in [5, 5.41) is 76.0. The van der Waals surface area contributed by atoms with Crippen LogP contribution in [0, 0.1) is 5.92 Å². The molecule has 3 heterocycles. The zero-order valence-electron chi connectivity index (χ0n) is 19.7. The van der Waals surface area contributed by atoms with E-state index in [1.807, 2.05) is 0 Å². The molecule has 0 spiro atoms. The van der Waals surface area contributed by atoms with Gasteiger partial charge in [0.15, 0.2) is 0 Å². The first-order valence-corrected chi connectivity index (χ1v) is 11.9. The van der Waals surface area contributed by atoms with Crippen molar-refractivity contribution in [3.8, 4) is 5.75 Å². The van der Waals surface area contributed by atoms with Crippen LogP contribution in [-0.4, -0.2) is 123 Å². The van der Waals surface area contributed by atoms with Gasteiger partial charge in [-0.25, -0.2) is 4.79 Å². The van der Waals surface area contributed by atoms with Crippen molar-refractivity contribution < 1.29 is 59.5 Å². The van der Waals surface area contributed by atoms with Crippen molar-refractivity contribution in [2.45, 2.75) is 67.5 Å². The van der Waals surface area contributed by atoms with Gasteiger partial charge in [0, 0.05) is 12.5 Å². The number of amides is 3. The van der Waals surface area contributed by atoms with Crippen LogP contribution in [0.4, 0.5) is 4.79 Å². The molecule has 0 radical (unpaired) electrons. The first-order valence-electron chi connectivity index (χ1n) is 11.9. The first kappa shape index (κ1) is 27.6. The third kappa shape index (κ3) is 5.72. The Labute approximate surface area is 211 Å². The Balaban J connectivity index is 1.46. The van der Waals surface area contributed by atoms with E-state index in [0.717, 1.165) is 0 Å². The summed E-state index contributed by atoms with van der Waals surface area (Å²) in [6.45, 7) is -1.11. The number of ether oxygens (including phenoxy) is 3. The number of nitrogens with one attached hydrogen (secondary N) is 2. The molecule has 11 unspecified atom stereocenters. The molecule has 14 nitrogen and oxygen atoms in total. The van der Waals surface area contributed by atoms with Crippen molar-refractivity contribution in [1.82, 2.24) is 10.6 Å². The van der Waals surface area contributed by atoms with E-state index < -0.39 is 92.1 Å². The molecule has 11 atom stereocenters. The minimum atomic E-state index is -1.62. The number of carbonyl (C=O) groups is 2. The smallest absolute Gasteiger partial charge is 0.321 e. The van der Waals surface area contributed by atoms with Gasteiger partial charge in [-0.1, -0.05) is 12.1 Å². The fraction of sp³-hybridized carbons (Fsp3) is 0.652. The molecular formula is C23H32N2O12. The van der Waals surface area contributed by atoms with Gasteiger partial charge in [-0.05, 0) is 24.1 Å². The van der Waals surface area contributed by atoms with Crippen LogP contribution in [-0.2, 0) is 14.3 Å². The average molecular weight is 529 g/mol. The Hall–Kier alpha value is -2.40. The highest BCUT2D eigenvalue weighted by molar-refractivity contribution is 6.00. The van der Waals surface area contributed by atoms with Gasteiger partial charge in [-0.3, -0.25) is 10.1 Å². The third-order valence-electron chi connectivity index (χ3n) is 7.08. The number of hydrogen-bond acceptors (Lipinski definition) is 12. The Bertz CT molecular complexity index is 946. The van der Waals surface area contributed by atoms with E-state index in [9.17, 15) is 45.3 Å². The lowest BCUT2D eigenvalue weighted by Crippen LogP contribution is -2.62. The van der Waals surface area contributed by atoms with E-state index in [0.29, 0.717) is 5.56 Å². The molecule has 0 bridgehead atoms. The van der Waals surface area contributed by atoms with Crippen molar-refractivity contribution in [3.05, 3.63) is 29.8 Å². The Morgan fingerprint density at radius 1 is 0.811 bits per heavy atom. The van der Waals surface area contributed by atoms with Crippen molar-refractivity contribution in [3.63, 3.8) is 0 Å². The van der Waals surface area contributed by atoms with E-state index in [2.05, 4.69) is 10.6 Å². The van der Waals surface area contributed by atoms with Crippen LogP contribution in [0.5, 0.6) is 5.75 Å². The largest absolute Gasteiger partial charge is 0.462 e. The van der Waals surface area contributed by atoms with Gasteiger partial charge in [-0.2, -0.15) is 0 Å². The number of imide groups is 1. The number of benzene rings is 1. The minimum absolute atomic E-state index is 0.130.